The smallest absolute Gasteiger partial charge is 0.187 e. The highest BCUT2D eigenvalue weighted by molar-refractivity contribution is 5.25. The summed E-state index contributed by atoms with van der Waals surface area (Å²) < 4.78 is 96.6. The zero-order chi connectivity index (χ0) is 94.8. The van der Waals surface area contributed by atoms with Gasteiger partial charge in [0, 0.05) is 10.8 Å². The second kappa shape index (κ2) is 54.3. The minimum Gasteiger partial charge on any atom is -0.394 e. The number of hydrogen-bond donors (Lipinski definition) is 28. The Morgan fingerprint density at radius 1 is 0.215 bits per heavy atom. The fraction of sp³-hybridized carbons (Fsp3) is 0.930. The van der Waals surface area contributed by atoms with E-state index < -0.39 is 336 Å². The molecule has 0 aromatic heterocycles. The number of ether oxygens (including phenoxy) is 16. The molecular formula is C86H150O44. The zero-order valence-electron chi connectivity index (χ0n) is 73.9. The van der Waals surface area contributed by atoms with Crippen LogP contribution in [0, 0.1) is 10.8 Å². The molecule has 0 amide bonds. The van der Waals surface area contributed by atoms with Crippen LogP contribution in [0.15, 0.2) is 24.3 Å². The van der Waals surface area contributed by atoms with E-state index in [4.69, 9.17) is 75.8 Å². The quantitative estimate of drug-likeness (QED) is 0.0269. The van der Waals surface area contributed by atoms with Gasteiger partial charge in [-0.15, -0.1) is 0 Å². The van der Waals surface area contributed by atoms with Crippen LogP contribution < -0.4 is 0 Å². The molecule has 40 atom stereocenters. The molecule has 8 fully saturated rings. The lowest BCUT2D eigenvalue weighted by molar-refractivity contribution is -0.365. The Morgan fingerprint density at radius 3 is 0.585 bits per heavy atom. The fourth-order valence-corrected chi connectivity index (χ4v) is 18.2. The number of benzene rings is 1. The van der Waals surface area contributed by atoms with Gasteiger partial charge in [0.15, 0.2) is 50.3 Å². The van der Waals surface area contributed by atoms with Gasteiger partial charge in [0.25, 0.3) is 0 Å². The van der Waals surface area contributed by atoms with Crippen LogP contribution in [-0.4, -0.2) is 468 Å². The highest BCUT2D eigenvalue weighted by atomic mass is 16.8. The van der Waals surface area contributed by atoms with E-state index >= 15 is 0 Å². The lowest BCUT2D eigenvalue weighted by Gasteiger charge is -2.47. The first-order chi connectivity index (χ1) is 62.3. The number of unbranched alkanes of at least 4 members (excludes halogenated alkanes) is 18. The summed E-state index contributed by atoms with van der Waals surface area (Å²) >= 11 is 0. The van der Waals surface area contributed by atoms with Crippen molar-refractivity contribution >= 4 is 0 Å². The van der Waals surface area contributed by atoms with Crippen molar-refractivity contribution < 1.29 is 219 Å². The Morgan fingerprint density at radius 2 is 0.392 bits per heavy atom. The van der Waals surface area contributed by atoms with Crippen molar-refractivity contribution in [3.8, 4) is 0 Å². The third-order valence-electron chi connectivity index (χ3n) is 26.4. The molecule has 0 bridgehead atoms. The van der Waals surface area contributed by atoms with E-state index in [-0.39, 0.29) is 25.7 Å². The molecule has 1 aromatic rings. The van der Waals surface area contributed by atoms with E-state index in [0.29, 0.717) is 36.8 Å². The molecule has 0 saturated carbocycles. The molecule has 44 nitrogen and oxygen atoms in total. The molecule has 8 saturated heterocycles. The fourth-order valence-electron chi connectivity index (χ4n) is 18.2. The molecule has 44 heteroatoms. The van der Waals surface area contributed by atoms with Gasteiger partial charge in [-0.3, -0.25) is 0 Å². The van der Waals surface area contributed by atoms with Gasteiger partial charge in [0.05, 0.1) is 79.3 Å². The van der Waals surface area contributed by atoms with Gasteiger partial charge in [-0.05, 0) is 36.8 Å². The number of hydrogen-bond acceptors (Lipinski definition) is 44. The molecule has 8 aliphatic rings. The van der Waals surface area contributed by atoms with Crippen molar-refractivity contribution in [3.05, 3.63) is 35.4 Å². The van der Waals surface area contributed by atoms with Crippen molar-refractivity contribution in [1.29, 1.82) is 0 Å². The van der Waals surface area contributed by atoms with Crippen LogP contribution in [-0.2, 0) is 88.6 Å². The Kier molecular flexibility index (Phi) is 46.4. The predicted octanol–water partition coefficient (Wildman–Crippen LogP) is -8.07. The molecule has 1 aromatic carbocycles. The van der Waals surface area contributed by atoms with Gasteiger partial charge in [0.1, 0.15) is 195 Å². The van der Waals surface area contributed by atoms with E-state index in [9.17, 15) is 143 Å². The molecule has 16 unspecified atom stereocenters. The molecule has 9 rings (SSSR count). The van der Waals surface area contributed by atoms with Crippen molar-refractivity contribution in [3.63, 3.8) is 0 Å². The van der Waals surface area contributed by atoms with Gasteiger partial charge < -0.3 is 219 Å². The van der Waals surface area contributed by atoms with E-state index in [0.717, 1.165) is 103 Å². The summed E-state index contributed by atoms with van der Waals surface area (Å²) in [5.41, 5.74) is -1.76. The predicted molar refractivity (Wildman–Crippen MR) is 441 cm³/mol. The minimum atomic E-state index is -2.05. The van der Waals surface area contributed by atoms with Gasteiger partial charge in [-0.2, -0.15) is 0 Å². The summed E-state index contributed by atoms with van der Waals surface area (Å²) in [5, 5.41) is 308. The van der Waals surface area contributed by atoms with Crippen LogP contribution in [0.25, 0.3) is 0 Å². The van der Waals surface area contributed by atoms with E-state index in [1.165, 1.54) is 0 Å². The monoisotopic (exact) mass is 1890 g/mol. The normalized spacial score (nSPS) is 41.5. The van der Waals surface area contributed by atoms with E-state index in [1.807, 2.05) is 0 Å². The van der Waals surface area contributed by atoms with Crippen molar-refractivity contribution in [1.82, 2.24) is 0 Å². The highest BCUT2D eigenvalue weighted by Crippen LogP contribution is 2.42. The van der Waals surface area contributed by atoms with Crippen molar-refractivity contribution in [2.45, 2.75) is 414 Å². The molecule has 28 N–H and O–H groups in total. The molecule has 758 valence electrons. The highest BCUT2D eigenvalue weighted by Gasteiger charge is 2.58. The maximum atomic E-state index is 12.0. The Labute approximate surface area is 755 Å². The first-order valence-electron chi connectivity index (χ1n) is 46.2. The van der Waals surface area contributed by atoms with Crippen LogP contribution in [0.3, 0.4) is 0 Å². The van der Waals surface area contributed by atoms with Gasteiger partial charge >= 0.3 is 0 Å². The molecule has 130 heavy (non-hydrogen) atoms. The third-order valence-corrected chi connectivity index (χ3v) is 26.4. The molecule has 8 heterocycles. The van der Waals surface area contributed by atoms with E-state index in [1.54, 1.807) is 24.3 Å². The average Bonchev–Trinajstić information content (AvgIpc) is 0.795. The first-order valence-corrected chi connectivity index (χ1v) is 46.2. The lowest BCUT2D eigenvalue weighted by Crippen LogP contribution is -2.65. The summed E-state index contributed by atoms with van der Waals surface area (Å²) in [4.78, 5) is 0. The maximum Gasteiger partial charge on any atom is 0.187 e. The third kappa shape index (κ3) is 28.9. The summed E-state index contributed by atoms with van der Waals surface area (Å²) in [6.07, 6.45) is -55.4. The SMILES string of the molecule is CCCCCCCCCCCCC(CO[C@@H]1OC(CO)[C@@H](O[C@H]2OC(CO)[C@@H](O)[C@H](O)C2O)[C@H](O)C1O)(CO[C@@H]1OC(CO)[C@@H](O[C@H]2OC(CO)[C@@H](O)[C@H](O)C2O)[C@H](O)C1O)Cc1ccc(CC(CCCCCCCCCCCC)(CO[C@@H]2OC(CO)[C@@H](O[C@H]3OC(CO)[C@@H](O)[C@H](O)C3O)[C@H](O)C2O)CO[C@@H]2OC(CO)[C@@H](O[C@H]3OC(CO)[C@@H](O)[C@H](O)C3O)[C@H](O)C2O)cc1. The Balaban J connectivity index is 1.07. The Bertz CT molecular complexity index is 2870. The van der Waals surface area contributed by atoms with Crippen molar-refractivity contribution in [2.24, 2.45) is 10.8 Å². The number of aliphatic hydroxyl groups is 28. The number of rotatable bonds is 54. The first kappa shape index (κ1) is 111. The van der Waals surface area contributed by atoms with Gasteiger partial charge in [-0.25, -0.2) is 0 Å². The van der Waals surface area contributed by atoms with Crippen LogP contribution in [0.1, 0.15) is 166 Å². The average molecular weight is 1890 g/mol. The van der Waals surface area contributed by atoms with Crippen LogP contribution in [0.4, 0.5) is 0 Å². The maximum absolute atomic E-state index is 12.0. The summed E-state index contributed by atoms with van der Waals surface area (Å²) in [6.45, 7) is -4.90. The molecule has 0 aliphatic carbocycles. The zero-order valence-corrected chi connectivity index (χ0v) is 73.9. The van der Waals surface area contributed by atoms with Crippen LogP contribution >= 0.6 is 0 Å². The largest absolute Gasteiger partial charge is 0.394 e. The van der Waals surface area contributed by atoms with Crippen LogP contribution in [0.5, 0.6) is 0 Å². The Hall–Kier alpha value is -2.54. The molecule has 0 spiro atoms. The topological polar surface area (TPSA) is 714 Å². The van der Waals surface area contributed by atoms with E-state index in [2.05, 4.69) is 13.8 Å². The van der Waals surface area contributed by atoms with Crippen LogP contribution in [0.2, 0.25) is 0 Å². The molecule has 0 radical (unpaired) electrons. The minimum absolute atomic E-state index is 0.0609. The summed E-state index contributed by atoms with van der Waals surface area (Å²) in [6, 6.07) is 6.96. The summed E-state index contributed by atoms with van der Waals surface area (Å²) in [5.74, 6) is 0. The molecule has 8 aliphatic heterocycles. The standard InChI is InChI=1S/C86H150O44/c1-3-5-7-9-11-13-15-17-19-21-27-85(39-115-77-69(111)61(103)73(49(35-91)123-77)127-81-65(107)57(99)53(95)45(31-87)119-81,40-116-78-70(112)62(104)74(50(36-92)124-78)128-82-66(108)58(100)54(96)46(32-88)120-82)29-43-23-25-44(26-24-43)30-86(28-22-20-18-16-14-12-10-8-6-4-2,41-117-79-71(113)63(105)75(51(37-93)125-79)129-83-67(109)59(101)55(97)47(33-89)121-83)42-118-80-72(114)64(106)76(52(38-94)126-80)130-84-68(110)60(102)56(98)48(34-90)122-84/h23-26,45-84,87-114H,3-22,27-42H2,1-2H3/t45?,46?,47?,48?,49?,50?,51?,52?,53-,54-,55-,56-,57+,58+,59+,60+,61-,62-,63-,64-,65?,66?,67?,68?,69?,70?,71?,72?,73-,74-,75-,76-,77-,78-,79-,80-,81-,82-,83-,84-,85?,86?/m1/s1. The van der Waals surface area contributed by atoms with Crippen molar-refractivity contribution in [2.75, 3.05) is 79.3 Å². The second-order valence-corrected chi connectivity index (χ2v) is 36.3. The number of aliphatic hydroxyl groups excluding tert-OH is 28. The van der Waals surface area contributed by atoms with Gasteiger partial charge in [-0.1, -0.05) is 167 Å². The second-order valence-electron chi connectivity index (χ2n) is 36.3. The lowest BCUT2D eigenvalue weighted by atomic mass is 9.76. The van der Waals surface area contributed by atoms with Gasteiger partial charge in [0.2, 0.25) is 0 Å². The summed E-state index contributed by atoms with van der Waals surface area (Å²) in [7, 11) is 0. The molecular weight excluding hydrogens is 1740 g/mol.